The summed E-state index contributed by atoms with van der Waals surface area (Å²) in [5, 5.41) is 3.05. The highest BCUT2D eigenvalue weighted by molar-refractivity contribution is 5.68. The Hall–Kier alpha value is -1.55. The van der Waals surface area contributed by atoms with Crippen molar-refractivity contribution in [2.45, 2.75) is 65.3 Å². The van der Waals surface area contributed by atoms with Crippen LogP contribution in [0.15, 0.2) is 30.3 Å². The van der Waals surface area contributed by atoms with Gasteiger partial charge in [-0.05, 0) is 45.6 Å². The van der Waals surface area contributed by atoms with Crippen molar-refractivity contribution >= 4 is 6.09 Å². The molecule has 1 fully saturated rings. The van der Waals surface area contributed by atoms with Gasteiger partial charge in [0.2, 0.25) is 0 Å². The molecule has 128 valence electrons. The Morgan fingerprint density at radius 3 is 2.52 bits per heavy atom. The molecule has 4 nitrogen and oxygen atoms in total. The summed E-state index contributed by atoms with van der Waals surface area (Å²) in [4.78, 5) is 14.5. The zero-order valence-electron chi connectivity index (χ0n) is 15.0. The Labute approximate surface area is 140 Å². The molecule has 2 rings (SSSR count). The first kappa shape index (κ1) is 17.8. The molecule has 1 aromatic rings. The molecule has 23 heavy (non-hydrogen) atoms. The predicted octanol–water partition coefficient (Wildman–Crippen LogP) is 3.81. The van der Waals surface area contributed by atoms with Crippen LogP contribution in [-0.2, 0) is 11.3 Å². The van der Waals surface area contributed by atoms with Crippen molar-refractivity contribution in [3.63, 3.8) is 0 Å². The van der Waals surface area contributed by atoms with Gasteiger partial charge in [-0.3, -0.25) is 4.90 Å². The number of benzene rings is 1. The number of nitrogens with zero attached hydrogens (tertiary/aromatic N) is 1. The van der Waals surface area contributed by atoms with Gasteiger partial charge in [-0.25, -0.2) is 4.79 Å². The maximum absolute atomic E-state index is 12.0. The van der Waals surface area contributed by atoms with Gasteiger partial charge >= 0.3 is 6.09 Å². The van der Waals surface area contributed by atoms with Crippen molar-refractivity contribution < 1.29 is 9.53 Å². The summed E-state index contributed by atoms with van der Waals surface area (Å²) in [7, 11) is 0. The van der Waals surface area contributed by atoms with Gasteiger partial charge in [-0.15, -0.1) is 0 Å². The predicted molar refractivity (Wildman–Crippen MR) is 93.3 cm³/mol. The number of amides is 1. The van der Waals surface area contributed by atoms with E-state index in [4.69, 9.17) is 4.74 Å². The lowest BCUT2D eigenvalue weighted by atomic mass is 9.89. The van der Waals surface area contributed by atoms with Crippen LogP contribution in [0.4, 0.5) is 4.79 Å². The SMILES string of the molecule is C[C@@H]1CN(Cc2ccccc2)[C@@H](C)C[C@@H]1NC(=O)OC(C)(C)C. The number of hydrogen-bond acceptors (Lipinski definition) is 3. The maximum Gasteiger partial charge on any atom is 0.407 e. The number of carbonyl (C=O) groups excluding carboxylic acids is 1. The number of piperidine rings is 1. The molecular weight excluding hydrogens is 288 g/mol. The quantitative estimate of drug-likeness (QED) is 0.921. The lowest BCUT2D eigenvalue weighted by Crippen LogP contribution is -2.53. The molecular formula is C19H30N2O2. The Kier molecular flexibility index (Phi) is 5.69. The summed E-state index contributed by atoms with van der Waals surface area (Å²) in [5.74, 6) is 0.405. The smallest absolute Gasteiger partial charge is 0.407 e. The van der Waals surface area contributed by atoms with E-state index >= 15 is 0 Å². The van der Waals surface area contributed by atoms with Crippen molar-refractivity contribution in [2.24, 2.45) is 5.92 Å². The minimum absolute atomic E-state index is 0.173. The third kappa shape index (κ3) is 5.54. The van der Waals surface area contributed by atoms with Crippen molar-refractivity contribution in [3.05, 3.63) is 35.9 Å². The average molecular weight is 318 g/mol. The van der Waals surface area contributed by atoms with Gasteiger partial charge in [-0.2, -0.15) is 0 Å². The van der Waals surface area contributed by atoms with Crippen LogP contribution in [0.2, 0.25) is 0 Å². The van der Waals surface area contributed by atoms with Gasteiger partial charge in [-0.1, -0.05) is 37.3 Å². The second-order valence-corrected chi connectivity index (χ2v) is 7.73. The zero-order valence-corrected chi connectivity index (χ0v) is 15.0. The average Bonchev–Trinajstić information content (AvgIpc) is 2.43. The first-order valence-electron chi connectivity index (χ1n) is 8.52. The standard InChI is InChI=1S/C19H30N2O2/c1-14-12-21(13-16-9-7-6-8-10-16)15(2)11-17(14)20-18(22)23-19(3,4)5/h6-10,14-15,17H,11-13H2,1-5H3,(H,20,22)/t14-,15+,17+/m1/s1. The van der Waals surface area contributed by atoms with Crippen molar-refractivity contribution in [1.29, 1.82) is 0 Å². The molecule has 1 heterocycles. The van der Waals surface area contributed by atoms with E-state index in [0.29, 0.717) is 12.0 Å². The molecule has 0 spiro atoms. The van der Waals surface area contributed by atoms with E-state index in [-0.39, 0.29) is 12.1 Å². The van der Waals surface area contributed by atoms with Gasteiger partial charge in [0.25, 0.3) is 0 Å². The number of nitrogens with one attached hydrogen (secondary N) is 1. The Balaban J connectivity index is 1.90. The molecule has 0 radical (unpaired) electrons. The van der Waals surface area contributed by atoms with Gasteiger partial charge in [0, 0.05) is 25.2 Å². The topological polar surface area (TPSA) is 41.6 Å². The summed E-state index contributed by atoms with van der Waals surface area (Å²) in [6, 6.07) is 11.2. The molecule has 0 unspecified atom stereocenters. The molecule has 1 amide bonds. The van der Waals surface area contributed by atoms with Crippen LogP contribution in [0, 0.1) is 5.92 Å². The van der Waals surface area contributed by atoms with Gasteiger partial charge in [0.1, 0.15) is 5.60 Å². The lowest BCUT2D eigenvalue weighted by molar-refractivity contribution is 0.0384. The molecule has 1 aliphatic rings. The summed E-state index contributed by atoms with van der Waals surface area (Å²) in [6.07, 6.45) is 0.644. The first-order valence-corrected chi connectivity index (χ1v) is 8.52. The van der Waals surface area contributed by atoms with Crippen LogP contribution in [0.1, 0.15) is 46.6 Å². The highest BCUT2D eigenvalue weighted by Gasteiger charge is 2.32. The monoisotopic (exact) mass is 318 g/mol. The van der Waals surface area contributed by atoms with Crippen LogP contribution < -0.4 is 5.32 Å². The van der Waals surface area contributed by atoms with Crippen LogP contribution in [0.5, 0.6) is 0 Å². The first-order chi connectivity index (χ1) is 10.7. The summed E-state index contributed by atoms with van der Waals surface area (Å²) in [6.45, 7) is 12.1. The molecule has 1 saturated heterocycles. The van der Waals surface area contributed by atoms with Gasteiger partial charge in [0.05, 0.1) is 0 Å². The minimum Gasteiger partial charge on any atom is -0.444 e. The van der Waals surface area contributed by atoms with Crippen LogP contribution >= 0.6 is 0 Å². The Morgan fingerprint density at radius 1 is 1.26 bits per heavy atom. The summed E-state index contributed by atoms with van der Waals surface area (Å²) in [5.41, 5.74) is 0.887. The number of alkyl carbamates (subject to hydrolysis) is 1. The molecule has 1 aromatic carbocycles. The molecule has 1 aliphatic heterocycles. The maximum atomic E-state index is 12.0. The van der Waals surface area contributed by atoms with E-state index < -0.39 is 5.60 Å². The zero-order chi connectivity index (χ0) is 17.0. The summed E-state index contributed by atoms with van der Waals surface area (Å²) < 4.78 is 5.38. The fourth-order valence-corrected chi connectivity index (χ4v) is 3.12. The fraction of sp³-hybridized carbons (Fsp3) is 0.632. The third-order valence-electron chi connectivity index (χ3n) is 4.36. The number of carbonyl (C=O) groups is 1. The number of hydrogen-bond donors (Lipinski definition) is 1. The number of ether oxygens (including phenoxy) is 1. The highest BCUT2D eigenvalue weighted by atomic mass is 16.6. The molecule has 1 N–H and O–H groups in total. The number of rotatable bonds is 3. The molecule has 4 heteroatoms. The van der Waals surface area contributed by atoms with E-state index in [9.17, 15) is 4.79 Å². The van der Waals surface area contributed by atoms with E-state index in [1.54, 1.807) is 0 Å². The fourth-order valence-electron chi connectivity index (χ4n) is 3.12. The molecule has 3 atom stereocenters. The van der Waals surface area contributed by atoms with E-state index in [1.807, 2.05) is 26.8 Å². The molecule has 0 saturated carbocycles. The Morgan fingerprint density at radius 2 is 1.91 bits per heavy atom. The van der Waals surface area contributed by atoms with Crippen molar-refractivity contribution in [1.82, 2.24) is 10.2 Å². The van der Waals surface area contributed by atoms with Crippen LogP contribution in [0.3, 0.4) is 0 Å². The second kappa shape index (κ2) is 7.35. The van der Waals surface area contributed by atoms with Crippen molar-refractivity contribution in [2.75, 3.05) is 6.54 Å². The molecule has 0 bridgehead atoms. The molecule has 0 aromatic heterocycles. The lowest BCUT2D eigenvalue weighted by Gasteiger charge is -2.42. The Bertz CT molecular complexity index is 510. The third-order valence-corrected chi connectivity index (χ3v) is 4.36. The van der Waals surface area contributed by atoms with Crippen LogP contribution in [-0.4, -0.2) is 35.2 Å². The second-order valence-electron chi connectivity index (χ2n) is 7.73. The van der Waals surface area contributed by atoms with Crippen molar-refractivity contribution in [3.8, 4) is 0 Å². The van der Waals surface area contributed by atoms with Gasteiger partial charge in [0.15, 0.2) is 0 Å². The normalized spacial score (nSPS) is 25.9. The van der Waals surface area contributed by atoms with Gasteiger partial charge < -0.3 is 10.1 Å². The van der Waals surface area contributed by atoms with E-state index in [2.05, 4.69) is 48.3 Å². The summed E-state index contributed by atoms with van der Waals surface area (Å²) >= 11 is 0. The van der Waals surface area contributed by atoms with E-state index in [0.717, 1.165) is 19.5 Å². The number of likely N-dealkylation sites (tertiary alicyclic amines) is 1. The van der Waals surface area contributed by atoms with E-state index in [1.165, 1.54) is 5.56 Å². The van der Waals surface area contributed by atoms with Crippen LogP contribution in [0.25, 0.3) is 0 Å². The minimum atomic E-state index is -0.451. The largest absolute Gasteiger partial charge is 0.444 e. The highest BCUT2D eigenvalue weighted by Crippen LogP contribution is 2.24. The molecule has 0 aliphatic carbocycles.